The van der Waals surface area contributed by atoms with Crippen LogP contribution in [0.4, 0.5) is 4.39 Å². The van der Waals surface area contributed by atoms with Crippen molar-refractivity contribution in [2.75, 3.05) is 0 Å². The van der Waals surface area contributed by atoms with Crippen molar-refractivity contribution in [3.8, 4) is 5.75 Å². The average molecular weight is 301 g/mol. The molecule has 6 heteroatoms. The van der Waals surface area contributed by atoms with Gasteiger partial charge in [0.2, 0.25) is 0 Å². The quantitative estimate of drug-likeness (QED) is 0.814. The molecule has 0 saturated carbocycles. The van der Waals surface area contributed by atoms with Crippen molar-refractivity contribution in [3.63, 3.8) is 0 Å². The summed E-state index contributed by atoms with van der Waals surface area (Å²) in [6.45, 7) is 1.69. The van der Waals surface area contributed by atoms with Crippen molar-refractivity contribution in [1.29, 1.82) is 0 Å². The molecule has 0 heterocycles. The van der Waals surface area contributed by atoms with Gasteiger partial charge in [-0.15, -0.1) is 0 Å². The van der Waals surface area contributed by atoms with Crippen molar-refractivity contribution in [3.05, 3.63) is 58.9 Å². The van der Waals surface area contributed by atoms with Gasteiger partial charge >= 0.3 is 10.1 Å². The Morgan fingerprint density at radius 1 is 1.11 bits per heavy atom. The van der Waals surface area contributed by atoms with Gasteiger partial charge in [-0.3, -0.25) is 0 Å². The van der Waals surface area contributed by atoms with Crippen LogP contribution in [0.5, 0.6) is 5.75 Å². The van der Waals surface area contributed by atoms with Crippen molar-refractivity contribution in [1.82, 2.24) is 0 Å². The molecular weight excluding hydrogens is 291 g/mol. The Morgan fingerprint density at radius 2 is 1.79 bits per heavy atom. The smallest absolute Gasteiger partial charge is 0.342 e. The molecule has 0 aromatic heterocycles. The molecule has 0 bridgehead atoms. The summed E-state index contributed by atoms with van der Waals surface area (Å²) in [5, 5.41) is -0.269. The zero-order valence-electron chi connectivity index (χ0n) is 9.93. The maximum atomic E-state index is 13.7. The molecule has 0 amide bonds. The minimum absolute atomic E-state index is 0.155. The normalized spacial score (nSPS) is 11.3. The first-order chi connectivity index (χ1) is 8.92. The van der Waals surface area contributed by atoms with Crippen molar-refractivity contribution < 1.29 is 17.0 Å². The molecular formula is C13H10ClFO3S. The van der Waals surface area contributed by atoms with E-state index in [4.69, 9.17) is 15.8 Å². The molecule has 0 radical (unpaired) electrons. The summed E-state index contributed by atoms with van der Waals surface area (Å²) >= 11 is 5.56. The second-order valence-electron chi connectivity index (χ2n) is 3.85. The van der Waals surface area contributed by atoms with Gasteiger partial charge < -0.3 is 4.18 Å². The third-order valence-electron chi connectivity index (χ3n) is 2.48. The highest BCUT2D eigenvalue weighted by Crippen LogP contribution is 2.26. The predicted octanol–water partition coefficient (Wildman–Crippen LogP) is 3.56. The number of hydrogen-bond donors (Lipinski definition) is 0. The first kappa shape index (κ1) is 13.8. The Hall–Kier alpha value is -1.59. The lowest BCUT2D eigenvalue weighted by atomic mass is 10.2. The molecule has 0 atom stereocenters. The van der Waals surface area contributed by atoms with E-state index in [1.165, 1.54) is 18.2 Å². The first-order valence-electron chi connectivity index (χ1n) is 5.36. The Labute approximate surface area is 115 Å². The van der Waals surface area contributed by atoms with Gasteiger partial charge in [-0.05, 0) is 30.7 Å². The number of aryl methyl sites for hydroxylation is 1. The predicted molar refractivity (Wildman–Crippen MR) is 70.4 cm³/mol. The molecule has 0 N–H and O–H groups in total. The zero-order valence-corrected chi connectivity index (χ0v) is 11.5. The molecule has 2 aromatic carbocycles. The zero-order chi connectivity index (χ0) is 14.0. The number of benzene rings is 2. The molecule has 3 nitrogen and oxygen atoms in total. The van der Waals surface area contributed by atoms with E-state index in [9.17, 15) is 12.8 Å². The summed E-state index contributed by atoms with van der Waals surface area (Å²) in [6.07, 6.45) is 0. The van der Waals surface area contributed by atoms with Gasteiger partial charge in [0.15, 0.2) is 5.82 Å². The highest BCUT2D eigenvalue weighted by Gasteiger charge is 2.23. The van der Waals surface area contributed by atoms with Gasteiger partial charge in [-0.25, -0.2) is 4.39 Å². The largest absolute Gasteiger partial charge is 0.379 e. The molecule has 2 rings (SSSR count). The Morgan fingerprint density at radius 3 is 2.47 bits per heavy atom. The second kappa shape index (κ2) is 5.19. The van der Waals surface area contributed by atoms with Crippen molar-refractivity contribution in [2.45, 2.75) is 11.8 Å². The van der Waals surface area contributed by atoms with Crippen LogP contribution in [0.2, 0.25) is 5.02 Å². The topological polar surface area (TPSA) is 43.4 Å². The molecule has 19 heavy (non-hydrogen) atoms. The van der Waals surface area contributed by atoms with E-state index < -0.39 is 20.8 Å². The first-order valence-corrected chi connectivity index (χ1v) is 7.14. The number of rotatable bonds is 3. The number of para-hydroxylation sites is 1. The van der Waals surface area contributed by atoms with Crippen LogP contribution in [0.1, 0.15) is 5.56 Å². The lowest BCUT2D eigenvalue weighted by Gasteiger charge is -2.10. The number of hydrogen-bond acceptors (Lipinski definition) is 3. The van der Waals surface area contributed by atoms with Gasteiger partial charge in [0.05, 0.1) is 5.02 Å². The van der Waals surface area contributed by atoms with E-state index >= 15 is 0 Å². The molecule has 0 spiro atoms. The minimum atomic E-state index is -4.25. The fourth-order valence-electron chi connectivity index (χ4n) is 1.49. The van der Waals surface area contributed by atoms with Gasteiger partial charge in [-0.1, -0.05) is 35.9 Å². The lowest BCUT2D eigenvalue weighted by Crippen LogP contribution is -2.12. The molecule has 0 fully saturated rings. The van der Waals surface area contributed by atoms with Crippen molar-refractivity contribution in [2.24, 2.45) is 0 Å². The minimum Gasteiger partial charge on any atom is -0.379 e. The molecule has 2 aromatic rings. The van der Waals surface area contributed by atoms with E-state index in [-0.39, 0.29) is 10.8 Å². The fourth-order valence-corrected chi connectivity index (χ4v) is 2.81. The Kier molecular flexibility index (Phi) is 3.78. The fraction of sp³-hybridized carbons (Fsp3) is 0.0769. The van der Waals surface area contributed by atoms with Crippen LogP contribution in [0.25, 0.3) is 0 Å². The van der Waals surface area contributed by atoms with E-state index in [2.05, 4.69) is 0 Å². The van der Waals surface area contributed by atoms with Crippen LogP contribution in [0, 0.1) is 12.7 Å². The Bertz CT molecular complexity index is 714. The highest BCUT2D eigenvalue weighted by molar-refractivity contribution is 7.87. The molecule has 100 valence electrons. The standard InChI is InChI=1S/C13H10ClFO3S/c1-9-5-2-3-7-11(9)18-19(16,17)12-8-4-6-10(14)13(12)15/h2-8H,1H3. The Balaban J connectivity index is 2.44. The third kappa shape index (κ3) is 2.88. The van der Waals surface area contributed by atoms with E-state index in [1.54, 1.807) is 25.1 Å². The molecule has 0 aliphatic carbocycles. The molecule has 0 aliphatic heterocycles. The van der Waals surface area contributed by atoms with E-state index in [0.717, 1.165) is 6.07 Å². The van der Waals surface area contributed by atoms with Gasteiger partial charge in [0.25, 0.3) is 0 Å². The van der Waals surface area contributed by atoms with Gasteiger partial charge in [0.1, 0.15) is 10.6 Å². The SMILES string of the molecule is Cc1ccccc1OS(=O)(=O)c1cccc(Cl)c1F. The second-order valence-corrected chi connectivity index (χ2v) is 5.78. The summed E-state index contributed by atoms with van der Waals surface area (Å²) in [5.74, 6) is -0.861. The average Bonchev–Trinajstić information content (AvgIpc) is 2.35. The maximum Gasteiger partial charge on any atom is 0.342 e. The molecule has 0 aliphatic rings. The summed E-state index contributed by atoms with van der Waals surface area (Å²) in [4.78, 5) is -0.580. The lowest BCUT2D eigenvalue weighted by molar-refractivity contribution is 0.475. The summed E-state index contributed by atoms with van der Waals surface area (Å²) < 4.78 is 42.6. The van der Waals surface area contributed by atoms with Gasteiger partial charge in [-0.2, -0.15) is 8.42 Å². The van der Waals surface area contributed by atoms with Crippen LogP contribution in [-0.2, 0) is 10.1 Å². The number of halogens is 2. The van der Waals surface area contributed by atoms with Gasteiger partial charge in [0, 0.05) is 0 Å². The summed E-state index contributed by atoms with van der Waals surface area (Å²) in [5.41, 5.74) is 0.633. The van der Waals surface area contributed by atoms with Crippen LogP contribution in [0.3, 0.4) is 0 Å². The maximum absolute atomic E-state index is 13.7. The van der Waals surface area contributed by atoms with E-state index in [0.29, 0.717) is 5.56 Å². The van der Waals surface area contributed by atoms with Crippen LogP contribution >= 0.6 is 11.6 Å². The molecule has 0 unspecified atom stereocenters. The van der Waals surface area contributed by atoms with Crippen LogP contribution in [0.15, 0.2) is 47.4 Å². The summed E-state index contributed by atoms with van der Waals surface area (Å²) in [6, 6.07) is 10.3. The summed E-state index contributed by atoms with van der Waals surface area (Å²) in [7, 11) is -4.25. The monoisotopic (exact) mass is 300 g/mol. The molecule has 0 saturated heterocycles. The van der Waals surface area contributed by atoms with E-state index in [1.807, 2.05) is 0 Å². The third-order valence-corrected chi connectivity index (χ3v) is 4.02. The van der Waals surface area contributed by atoms with Crippen molar-refractivity contribution >= 4 is 21.7 Å². The van der Waals surface area contributed by atoms with Crippen LogP contribution < -0.4 is 4.18 Å². The highest BCUT2D eigenvalue weighted by atomic mass is 35.5. The van der Waals surface area contributed by atoms with Crippen LogP contribution in [-0.4, -0.2) is 8.42 Å².